The molecule has 0 bridgehead atoms. The summed E-state index contributed by atoms with van der Waals surface area (Å²) in [5.74, 6) is -0.0163. The lowest BCUT2D eigenvalue weighted by Crippen LogP contribution is -2.51. The van der Waals surface area contributed by atoms with Gasteiger partial charge in [0.1, 0.15) is 6.04 Å². The topological polar surface area (TPSA) is 49.4 Å². The Labute approximate surface area is 187 Å². The number of amides is 2. The van der Waals surface area contributed by atoms with Crippen molar-refractivity contribution in [1.29, 1.82) is 0 Å². The van der Waals surface area contributed by atoms with E-state index in [0.717, 1.165) is 35.1 Å². The minimum atomic E-state index is -0.459. The molecule has 1 saturated carbocycles. The van der Waals surface area contributed by atoms with Crippen LogP contribution in [0.4, 0.5) is 0 Å². The molecular formula is C27H36N2O2. The van der Waals surface area contributed by atoms with Gasteiger partial charge < -0.3 is 10.2 Å². The Morgan fingerprint density at radius 2 is 1.58 bits per heavy atom. The van der Waals surface area contributed by atoms with Gasteiger partial charge in [-0.2, -0.15) is 0 Å². The molecule has 2 aromatic rings. The van der Waals surface area contributed by atoms with Crippen LogP contribution in [0.25, 0.3) is 0 Å². The molecule has 0 spiro atoms. The number of rotatable bonds is 8. The summed E-state index contributed by atoms with van der Waals surface area (Å²) in [7, 11) is 0. The molecule has 1 atom stereocenters. The third kappa shape index (κ3) is 6.68. The van der Waals surface area contributed by atoms with E-state index in [1.54, 1.807) is 4.90 Å². The fourth-order valence-corrected chi connectivity index (χ4v) is 4.57. The molecule has 4 nitrogen and oxygen atoms in total. The molecule has 1 aliphatic carbocycles. The van der Waals surface area contributed by atoms with E-state index in [2.05, 4.69) is 24.4 Å². The fourth-order valence-electron chi connectivity index (χ4n) is 4.57. The maximum atomic E-state index is 13.5. The highest BCUT2D eigenvalue weighted by Gasteiger charge is 2.30. The van der Waals surface area contributed by atoms with Crippen LogP contribution in [0.2, 0.25) is 0 Å². The largest absolute Gasteiger partial charge is 0.352 e. The van der Waals surface area contributed by atoms with Gasteiger partial charge in [-0.05, 0) is 44.2 Å². The van der Waals surface area contributed by atoms with Crippen molar-refractivity contribution >= 4 is 11.8 Å². The minimum absolute atomic E-state index is 0.00208. The standard InChI is InChI=1S/C27H36N2O2/c1-4-25(27(31)28-24-14-6-5-7-15-24)29(19-23-13-9-11-21(3)17-23)26(30)18-22-12-8-10-20(2)16-22/h8-13,16-17,24-25H,4-7,14-15,18-19H2,1-3H3,(H,28,31)/t25-/m1/s1. The van der Waals surface area contributed by atoms with Crippen LogP contribution in [0.1, 0.15) is 67.7 Å². The molecule has 2 aromatic carbocycles. The van der Waals surface area contributed by atoms with Crippen LogP contribution in [-0.4, -0.2) is 28.8 Å². The molecule has 0 aliphatic heterocycles. The van der Waals surface area contributed by atoms with Crippen LogP contribution in [-0.2, 0) is 22.6 Å². The number of carbonyl (C=O) groups excluding carboxylic acids is 2. The first-order chi connectivity index (χ1) is 15.0. The lowest BCUT2D eigenvalue weighted by atomic mass is 9.95. The van der Waals surface area contributed by atoms with Crippen molar-refractivity contribution in [2.75, 3.05) is 0 Å². The summed E-state index contributed by atoms with van der Waals surface area (Å²) in [5.41, 5.74) is 4.34. The molecular weight excluding hydrogens is 384 g/mol. The molecule has 0 saturated heterocycles. The van der Waals surface area contributed by atoms with Crippen LogP contribution in [0.5, 0.6) is 0 Å². The SMILES string of the molecule is CC[C@H](C(=O)NC1CCCCC1)N(Cc1cccc(C)c1)C(=O)Cc1cccc(C)c1. The normalized spacial score (nSPS) is 15.3. The summed E-state index contributed by atoms with van der Waals surface area (Å²) in [5, 5.41) is 3.24. The maximum Gasteiger partial charge on any atom is 0.243 e. The number of nitrogens with zero attached hydrogens (tertiary/aromatic N) is 1. The zero-order chi connectivity index (χ0) is 22.2. The monoisotopic (exact) mass is 420 g/mol. The third-order valence-corrected chi connectivity index (χ3v) is 6.21. The number of benzene rings is 2. The van der Waals surface area contributed by atoms with E-state index in [0.29, 0.717) is 19.4 Å². The Morgan fingerprint density at radius 3 is 2.19 bits per heavy atom. The molecule has 3 rings (SSSR count). The maximum absolute atomic E-state index is 13.5. The number of hydrogen-bond donors (Lipinski definition) is 1. The van der Waals surface area contributed by atoms with Gasteiger partial charge in [0.15, 0.2) is 0 Å². The highest BCUT2D eigenvalue weighted by atomic mass is 16.2. The first kappa shape index (κ1) is 23.1. The van der Waals surface area contributed by atoms with E-state index < -0.39 is 6.04 Å². The van der Waals surface area contributed by atoms with Crippen molar-refractivity contribution in [3.63, 3.8) is 0 Å². The van der Waals surface area contributed by atoms with Crippen molar-refractivity contribution in [1.82, 2.24) is 10.2 Å². The zero-order valence-corrected chi connectivity index (χ0v) is 19.2. The predicted molar refractivity (Wildman–Crippen MR) is 126 cm³/mol. The molecule has 0 radical (unpaired) electrons. The van der Waals surface area contributed by atoms with E-state index >= 15 is 0 Å². The van der Waals surface area contributed by atoms with Gasteiger partial charge in [0.2, 0.25) is 11.8 Å². The van der Waals surface area contributed by atoms with Gasteiger partial charge in [-0.1, -0.05) is 85.8 Å². The fraction of sp³-hybridized carbons (Fsp3) is 0.481. The van der Waals surface area contributed by atoms with Gasteiger partial charge in [0, 0.05) is 12.6 Å². The van der Waals surface area contributed by atoms with Gasteiger partial charge in [0.25, 0.3) is 0 Å². The first-order valence-corrected chi connectivity index (χ1v) is 11.7. The average Bonchev–Trinajstić information content (AvgIpc) is 2.74. The van der Waals surface area contributed by atoms with Crippen molar-refractivity contribution in [3.05, 3.63) is 70.8 Å². The molecule has 2 amide bonds. The van der Waals surface area contributed by atoms with E-state index in [-0.39, 0.29) is 17.9 Å². The lowest BCUT2D eigenvalue weighted by Gasteiger charge is -2.33. The molecule has 0 aromatic heterocycles. The number of hydrogen-bond acceptors (Lipinski definition) is 2. The Balaban J connectivity index is 1.81. The van der Waals surface area contributed by atoms with Crippen LogP contribution in [0, 0.1) is 13.8 Å². The van der Waals surface area contributed by atoms with Gasteiger partial charge in [-0.15, -0.1) is 0 Å². The second kappa shape index (κ2) is 11.1. The summed E-state index contributed by atoms with van der Waals surface area (Å²) in [6, 6.07) is 16.0. The minimum Gasteiger partial charge on any atom is -0.352 e. The summed E-state index contributed by atoms with van der Waals surface area (Å²) >= 11 is 0. The summed E-state index contributed by atoms with van der Waals surface area (Å²) in [4.78, 5) is 28.5. The molecule has 31 heavy (non-hydrogen) atoms. The summed E-state index contributed by atoms with van der Waals surface area (Å²) in [6.07, 6.45) is 6.57. The van der Waals surface area contributed by atoms with E-state index in [9.17, 15) is 9.59 Å². The van der Waals surface area contributed by atoms with E-state index in [1.165, 1.54) is 19.3 Å². The van der Waals surface area contributed by atoms with Gasteiger partial charge in [-0.25, -0.2) is 0 Å². The number of carbonyl (C=O) groups is 2. The van der Waals surface area contributed by atoms with Crippen LogP contribution in [0.3, 0.4) is 0 Å². The van der Waals surface area contributed by atoms with Gasteiger partial charge >= 0.3 is 0 Å². The lowest BCUT2D eigenvalue weighted by molar-refractivity contribution is -0.141. The molecule has 0 heterocycles. The van der Waals surface area contributed by atoms with Crippen molar-refractivity contribution in [2.24, 2.45) is 0 Å². The quantitative estimate of drug-likeness (QED) is 0.646. The number of aryl methyl sites for hydroxylation is 2. The molecule has 1 N–H and O–H groups in total. The smallest absolute Gasteiger partial charge is 0.243 e. The Bertz CT molecular complexity index is 886. The Kier molecular flexibility index (Phi) is 8.27. The Morgan fingerprint density at radius 1 is 0.968 bits per heavy atom. The molecule has 1 aliphatic rings. The third-order valence-electron chi connectivity index (χ3n) is 6.21. The highest BCUT2D eigenvalue weighted by Crippen LogP contribution is 2.20. The van der Waals surface area contributed by atoms with Crippen LogP contribution in [0.15, 0.2) is 48.5 Å². The second-order valence-electron chi connectivity index (χ2n) is 8.94. The van der Waals surface area contributed by atoms with Crippen molar-refractivity contribution in [2.45, 2.75) is 84.3 Å². The van der Waals surface area contributed by atoms with Crippen molar-refractivity contribution in [3.8, 4) is 0 Å². The van der Waals surface area contributed by atoms with Gasteiger partial charge in [0.05, 0.1) is 6.42 Å². The zero-order valence-electron chi connectivity index (χ0n) is 19.2. The highest BCUT2D eigenvalue weighted by molar-refractivity contribution is 5.88. The van der Waals surface area contributed by atoms with Gasteiger partial charge in [-0.3, -0.25) is 9.59 Å². The molecule has 0 unspecified atom stereocenters. The van der Waals surface area contributed by atoms with Crippen molar-refractivity contribution < 1.29 is 9.59 Å². The van der Waals surface area contributed by atoms with E-state index in [1.807, 2.05) is 50.2 Å². The predicted octanol–water partition coefficient (Wildman–Crippen LogP) is 5.10. The van der Waals surface area contributed by atoms with Crippen LogP contribution >= 0.6 is 0 Å². The second-order valence-corrected chi connectivity index (χ2v) is 8.94. The average molecular weight is 421 g/mol. The van der Waals surface area contributed by atoms with Crippen LogP contribution < -0.4 is 5.32 Å². The molecule has 1 fully saturated rings. The Hall–Kier alpha value is -2.62. The summed E-state index contributed by atoms with van der Waals surface area (Å²) in [6.45, 7) is 6.53. The number of nitrogens with one attached hydrogen (secondary N) is 1. The summed E-state index contributed by atoms with van der Waals surface area (Å²) < 4.78 is 0. The van der Waals surface area contributed by atoms with E-state index in [4.69, 9.17) is 0 Å². The first-order valence-electron chi connectivity index (χ1n) is 11.7. The molecule has 4 heteroatoms. The molecule has 166 valence electrons.